The van der Waals surface area contributed by atoms with Crippen molar-refractivity contribution >= 4 is 9.84 Å². The molecule has 0 spiro atoms. The van der Waals surface area contributed by atoms with E-state index >= 15 is 0 Å². The third-order valence-corrected chi connectivity index (χ3v) is 7.46. The van der Waals surface area contributed by atoms with Gasteiger partial charge in [-0.15, -0.1) is 0 Å². The number of sulfone groups is 1. The summed E-state index contributed by atoms with van der Waals surface area (Å²) in [5, 5.41) is 3.43. The van der Waals surface area contributed by atoms with E-state index in [1.165, 1.54) is 17.0 Å². The maximum Gasteiger partial charge on any atom is 0.203 e. The molecule has 5 heteroatoms. The van der Waals surface area contributed by atoms with Crippen molar-refractivity contribution in [2.24, 2.45) is 11.8 Å². The lowest BCUT2D eigenvalue weighted by Crippen LogP contribution is -2.30. The molecule has 1 aromatic carbocycles. The molecule has 24 heavy (non-hydrogen) atoms. The summed E-state index contributed by atoms with van der Waals surface area (Å²) in [5.74, 6) is 0.112. The van der Waals surface area contributed by atoms with Gasteiger partial charge in [0.15, 0.2) is 0 Å². The molecule has 4 nitrogen and oxygen atoms in total. The Kier molecular flexibility index (Phi) is 3.66. The molecule has 2 aliphatic heterocycles. The van der Waals surface area contributed by atoms with Crippen LogP contribution in [0.4, 0.5) is 0 Å². The minimum absolute atomic E-state index is 0.0509. The molecular weight excluding hydrogens is 320 g/mol. The second-order valence-corrected chi connectivity index (χ2v) is 8.65. The molecule has 2 unspecified atom stereocenters. The van der Waals surface area contributed by atoms with Crippen molar-refractivity contribution in [2.45, 2.75) is 18.2 Å². The first-order valence-electron chi connectivity index (χ1n) is 8.40. The average Bonchev–Trinajstić information content (AvgIpc) is 2.90. The maximum absolute atomic E-state index is 13.1. The van der Waals surface area contributed by atoms with E-state index in [1.54, 1.807) is 30.3 Å². The van der Waals surface area contributed by atoms with Crippen LogP contribution >= 0.6 is 0 Å². The molecule has 0 saturated carbocycles. The van der Waals surface area contributed by atoms with Crippen LogP contribution in [0.5, 0.6) is 0 Å². The van der Waals surface area contributed by atoms with Gasteiger partial charge in [-0.3, -0.25) is 0 Å². The van der Waals surface area contributed by atoms with Gasteiger partial charge in [0, 0.05) is 49.8 Å². The predicted octanol–water partition coefficient (Wildman–Crippen LogP) is 2.69. The number of rotatable bonds is 2. The fourth-order valence-electron chi connectivity index (χ4n) is 4.23. The van der Waals surface area contributed by atoms with E-state index in [-0.39, 0.29) is 11.8 Å². The Bertz CT molecular complexity index is 866. The summed E-state index contributed by atoms with van der Waals surface area (Å²) in [6.45, 7) is 3.88. The molecule has 0 saturated heterocycles. The summed E-state index contributed by atoms with van der Waals surface area (Å²) >= 11 is 0. The van der Waals surface area contributed by atoms with Gasteiger partial charge in [-0.2, -0.15) is 0 Å². The predicted molar refractivity (Wildman–Crippen MR) is 94.7 cm³/mol. The molecule has 4 rings (SSSR count). The minimum atomic E-state index is -3.45. The molecule has 0 fully saturated rings. The van der Waals surface area contributed by atoms with Gasteiger partial charge >= 0.3 is 0 Å². The van der Waals surface area contributed by atoms with Gasteiger partial charge in [-0.25, -0.2) is 8.42 Å². The molecule has 0 radical (unpaired) electrons. The van der Waals surface area contributed by atoms with E-state index in [2.05, 4.69) is 17.3 Å². The van der Waals surface area contributed by atoms with Crippen LogP contribution in [0.25, 0.3) is 0 Å². The molecule has 0 amide bonds. The number of hydrogen-bond donors (Lipinski definition) is 1. The first-order valence-corrected chi connectivity index (χ1v) is 9.88. The van der Waals surface area contributed by atoms with Crippen LogP contribution in [0.1, 0.15) is 13.3 Å². The normalized spacial score (nSPS) is 26.7. The van der Waals surface area contributed by atoms with E-state index in [0.717, 1.165) is 19.5 Å². The Labute approximate surface area is 143 Å². The summed E-state index contributed by atoms with van der Waals surface area (Å²) < 4.78 is 26.2. The SMILES string of the molecule is CC1C(S(=O)(=O)c2ccccc2)=CC=C2C1C1=C(CCNC1)N2C. The topological polar surface area (TPSA) is 49.4 Å². The van der Waals surface area contributed by atoms with Crippen LogP contribution in [0.3, 0.4) is 0 Å². The van der Waals surface area contributed by atoms with E-state index in [9.17, 15) is 8.42 Å². The van der Waals surface area contributed by atoms with Crippen LogP contribution < -0.4 is 5.32 Å². The second-order valence-electron chi connectivity index (χ2n) is 6.70. The fourth-order valence-corrected chi connectivity index (χ4v) is 5.90. The number of fused-ring (bicyclic) bond motifs is 2. The highest BCUT2D eigenvalue weighted by atomic mass is 32.2. The lowest BCUT2D eigenvalue weighted by Gasteiger charge is -2.30. The van der Waals surface area contributed by atoms with Gasteiger partial charge in [-0.1, -0.05) is 25.1 Å². The third-order valence-electron chi connectivity index (χ3n) is 5.44. The Hall–Kier alpha value is -1.85. The van der Waals surface area contributed by atoms with Gasteiger partial charge in [0.25, 0.3) is 0 Å². The van der Waals surface area contributed by atoms with E-state index < -0.39 is 9.84 Å². The van der Waals surface area contributed by atoms with Gasteiger partial charge in [0.1, 0.15) is 0 Å². The van der Waals surface area contributed by atoms with Crippen LogP contribution in [-0.4, -0.2) is 33.5 Å². The van der Waals surface area contributed by atoms with Crippen LogP contribution in [-0.2, 0) is 9.84 Å². The van der Waals surface area contributed by atoms with Crippen LogP contribution in [0.15, 0.2) is 69.3 Å². The zero-order valence-corrected chi connectivity index (χ0v) is 14.8. The lowest BCUT2D eigenvalue weighted by molar-refractivity contribution is 0.445. The summed E-state index contributed by atoms with van der Waals surface area (Å²) in [7, 11) is -1.35. The Morgan fingerprint density at radius 1 is 1.17 bits per heavy atom. The molecule has 1 aliphatic carbocycles. The van der Waals surface area contributed by atoms with Crippen molar-refractivity contribution in [1.82, 2.24) is 10.2 Å². The van der Waals surface area contributed by atoms with Gasteiger partial charge in [0.2, 0.25) is 9.84 Å². The van der Waals surface area contributed by atoms with Crippen molar-refractivity contribution in [3.05, 3.63) is 64.4 Å². The summed E-state index contributed by atoms with van der Waals surface area (Å²) in [6, 6.07) is 8.74. The lowest BCUT2D eigenvalue weighted by atomic mass is 9.82. The van der Waals surface area contributed by atoms with E-state index in [4.69, 9.17) is 0 Å². The van der Waals surface area contributed by atoms with Gasteiger partial charge in [-0.05, 0) is 29.9 Å². The second kappa shape index (κ2) is 5.60. The highest BCUT2D eigenvalue weighted by Crippen LogP contribution is 2.48. The molecule has 1 N–H and O–H groups in total. The molecule has 0 bridgehead atoms. The summed E-state index contributed by atoms with van der Waals surface area (Å²) in [6.07, 6.45) is 4.81. The number of benzene rings is 1. The van der Waals surface area contributed by atoms with Crippen molar-refractivity contribution in [1.29, 1.82) is 0 Å². The smallest absolute Gasteiger partial charge is 0.203 e. The molecule has 1 aromatic rings. The average molecular weight is 342 g/mol. The van der Waals surface area contributed by atoms with Crippen molar-refractivity contribution in [2.75, 3.05) is 20.1 Å². The molecular formula is C19H22N2O2S. The number of nitrogens with zero attached hydrogens (tertiary/aromatic N) is 1. The molecule has 2 atom stereocenters. The van der Waals surface area contributed by atoms with E-state index in [0.29, 0.717) is 9.80 Å². The molecule has 126 valence electrons. The number of hydrogen-bond acceptors (Lipinski definition) is 4. The fraction of sp³-hybridized carbons (Fsp3) is 0.368. The van der Waals surface area contributed by atoms with Crippen molar-refractivity contribution in [3.63, 3.8) is 0 Å². The quantitative estimate of drug-likeness (QED) is 0.898. The Morgan fingerprint density at radius 2 is 1.92 bits per heavy atom. The molecule has 3 aliphatic rings. The first kappa shape index (κ1) is 15.7. The minimum Gasteiger partial charge on any atom is -0.351 e. The largest absolute Gasteiger partial charge is 0.351 e. The van der Waals surface area contributed by atoms with Crippen LogP contribution in [0.2, 0.25) is 0 Å². The van der Waals surface area contributed by atoms with Gasteiger partial charge < -0.3 is 10.2 Å². The summed E-state index contributed by atoms with van der Waals surface area (Å²) in [5.41, 5.74) is 3.95. The van der Waals surface area contributed by atoms with Crippen molar-refractivity contribution < 1.29 is 8.42 Å². The number of allylic oxidation sites excluding steroid dienone is 4. The Balaban J connectivity index is 1.78. The maximum atomic E-state index is 13.1. The monoisotopic (exact) mass is 342 g/mol. The highest BCUT2D eigenvalue weighted by Gasteiger charge is 2.43. The highest BCUT2D eigenvalue weighted by molar-refractivity contribution is 7.95. The standard InChI is InChI=1S/C19H22N2O2S/c1-13-18(24(22,23)14-6-4-3-5-7-14)9-8-17-19(13)15-12-20-11-10-16(15)21(17)2/h3-9,13,19-20H,10-12H2,1-2H3. The van der Waals surface area contributed by atoms with Crippen LogP contribution in [0, 0.1) is 11.8 Å². The third kappa shape index (κ3) is 2.19. The van der Waals surface area contributed by atoms with Crippen molar-refractivity contribution in [3.8, 4) is 0 Å². The first-order chi connectivity index (χ1) is 11.5. The zero-order chi connectivity index (χ0) is 16.9. The molecule has 2 heterocycles. The Morgan fingerprint density at radius 3 is 2.67 bits per heavy atom. The van der Waals surface area contributed by atoms with E-state index in [1.807, 2.05) is 19.1 Å². The summed E-state index contributed by atoms with van der Waals surface area (Å²) in [4.78, 5) is 3.16. The number of nitrogens with one attached hydrogen (secondary N) is 1. The molecule has 0 aromatic heterocycles. The zero-order valence-electron chi connectivity index (χ0n) is 14.0. The van der Waals surface area contributed by atoms with Gasteiger partial charge in [0.05, 0.1) is 9.80 Å².